The highest BCUT2D eigenvalue weighted by atomic mass is 16.5. The van der Waals surface area contributed by atoms with Gasteiger partial charge in [0.25, 0.3) is 0 Å². The van der Waals surface area contributed by atoms with Gasteiger partial charge in [0.15, 0.2) is 0 Å². The molecular formula is C16H15N3O2. The lowest BCUT2D eigenvalue weighted by Crippen LogP contribution is -1.94. The predicted molar refractivity (Wildman–Crippen MR) is 81.6 cm³/mol. The Kier molecular flexibility index (Phi) is 3.55. The minimum absolute atomic E-state index is 0.473. The maximum absolute atomic E-state index is 5.85. The minimum Gasteiger partial charge on any atom is -0.494 e. The van der Waals surface area contributed by atoms with Crippen LogP contribution in [0.3, 0.4) is 0 Å². The normalized spacial score (nSPS) is 10.5. The van der Waals surface area contributed by atoms with Gasteiger partial charge in [-0.25, -0.2) is 9.97 Å². The lowest BCUT2D eigenvalue weighted by molar-refractivity contribution is 0.338. The molecule has 1 aromatic heterocycles. The van der Waals surface area contributed by atoms with E-state index in [1.54, 1.807) is 12.1 Å². The second-order valence-corrected chi connectivity index (χ2v) is 4.47. The molecule has 5 heteroatoms. The molecule has 0 aliphatic carbocycles. The molecule has 0 aliphatic rings. The fraction of sp³-hybridized carbons (Fsp3) is 0.125. The number of rotatable bonds is 4. The number of aromatic nitrogens is 2. The molecule has 106 valence electrons. The largest absolute Gasteiger partial charge is 0.494 e. The molecule has 0 aliphatic heterocycles. The number of anilines is 1. The molecule has 0 saturated heterocycles. The van der Waals surface area contributed by atoms with Crippen LogP contribution in [0.5, 0.6) is 17.4 Å². The average Bonchev–Trinajstić information content (AvgIpc) is 2.49. The third-order valence-corrected chi connectivity index (χ3v) is 2.95. The first-order valence-electron chi connectivity index (χ1n) is 6.67. The second kappa shape index (κ2) is 5.66. The van der Waals surface area contributed by atoms with Crippen LogP contribution in [-0.2, 0) is 0 Å². The van der Waals surface area contributed by atoms with Gasteiger partial charge in [0.1, 0.15) is 17.8 Å². The van der Waals surface area contributed by atoms with Crippen molar-refractivity contribution in [1.29, 1.82) is 0 Å². The number of fused-ring (bicyclic) bond motifs is 1. The summed E-state index contributed by atoms with van der Waals surface area (Å²) in [7, 11) is 0. The molecule has 21 heavy (non-hydrogen) atoms. The molecule has 0 radical (unpaired) electrons. The van der Waals surface area contributed by atoms with Gasteiger partial charge in [-0.15, -0.1) is 0 Å². The maximum Gasteiger partial charge on any atom is 0.230 e. The van der Waals surface area contributed by atoms with Crippen molar-refractivity contribution in [2.24, 2.45) is 0 Å². The van der Waals surface area contributed by atoms with Crippen molar-refractivity contribution in [1.82, 2.24) is 9.97 Å². The van der Waals surface area contributed by atoms with E-state index in [9.17, 15) is 0 Å². The van der Waals surface area contributed by atoms with Crippen molar-refractivity contribution < 1.29 is 9.47 Å². The molecule has 2 aromatic carbocycles. The summed E-state index contributed by atoms with van der Waals surface area (Å²) in [4.78, 5) is 8.39. The first kappa shape index (κ1) is 13.2. The van der Waals surface area contributed by atoms with Crippen LogP contribution in [0.15, 0.2) is 48.8 Å². The van der Waals surface area contributed by atoms with E-state index in [0.29, 0.717) is 23.9 Å². The van der Waals surface area contributed by atoms with Gasteiger partial charge in [-0.05, 0) is 37.3 Å². The van der Waals surface area contributed by atoms with E-state index < -0.39 is 0 Å². The Morgan fingerprint density at radius 1 is 1.05 bits per heavy atom. The number of hydrogen-bond acceptors (Lipinski definition) is 5. The predicted octanol–water partition coefficient (Wildman–Crippen LogP) is 3.40. The summed E-state index contributed by atoms with van der Waals surface area (Å²) in [6, 6.07) is 12.9. The number of nitrogen functional groups attached to an aromatic ring is 1. The summed E-state index contributed by atoms with van der Waals surface area (Å²) in [5.74, 6) is 1.89. The summed E-state index contributed by atoms with van der Waals surface area (Å²) in [5.41, 5.74) is 7.25. The average molecular weight is 281 g/mol. The fourth-order valence-corrected chi connectivity index (χ4v) is 2.04. The molecule has 3 aromatic rings. The van der Waals surface area contributed by atoms with Gasteiger partial charge in [-0.3, -0.25) is 0 Å². The molecule has 3 rings (SSSR count). The highest BCUT2D eigenvalue weighted by Gasteiger charge is 2.07. The zero-order valence-corrected chi connectivity index (χ0v) is 11.6. The number of ether oxygens (including phenoxy) is 2. The van der Waals surface area contributed by atoms with Gasteiger partial charge < -0.3 is 15.2 Å². The van der Waals surface area contributed by atoms with Crippen molar-refractivity contribution in [2.45, 2.75) is 6.92 Å². The van der Waals surface area contributed by atoms with Crippen molar-refractivity contribution in [3.05, 3.63) is 48.8 Å². The summed E-state index contributed by atoms with van der Waals surface area (Å²) in [6.07, 6.45) is 1.47. The van der Waals surface area contributed by atoms with Crippen LogP contribution in [0, 0.1) is 0 Å². The van der Waals surface area contributed by atoms with Gasteiger partial charge in [-0.2, -0.15) is 0 Å². The fourth-order valence-electron chi connectivity index (χ4n) is 2.04. The highest BCUT2D eigenvalue weighted by molar-refractivity contribution is 5.86. The van der Waals surface area contributed by atoms with Gasteiger partial charge in [-0.1, -0.05) is 6.07 Å². The third kappa shape index (κ3) is 2.86. The van der Waals surface area contributed by atoms with Gasteiger partial charge in [0.2, 0.25) is 5.88 Å². The lowest BCUT2D eigenvalue weighted by atomic mass is 10.2. The lowest BCUT2D eigenvalue weighted by Gasteiger charge is -2.09. The van der Waals surface area contributed by atoms with Gasteiger partial charge in [0, 0.05) is 11.8 Å². The molecule has 5 nitrogen and oxygen atoms in total. The Bertz CT molecular complexity index is 774. The molecule has 0 bridgehead atoms. The molecule has 0 amide bonds. The van der Waals surface area contributed by atoms with E-state index >= 15 is 0 Å². The van der Waals surface area contributed by atoms with Crippen LogP contribution in [0.1, 0.15) is 6.92 Å². The Balaban J connectivity index is 1.98. The van der Waals surface area contributed by atoms with E-state index in [-0.39, 0.29) is 0 Å². The van der Waals surface area contributed by atoms with Crippen LogP contribution in [0.4, 0.5) is 5.69 Å². The number of nitrogens with two attached hydrogens (primary N) is 1. The Labute approximate surface area is 122 Å². The molecule has 0 spiro atoms. The standard InChI is InChI=1S/C16H15N3O2/c1-2-20-12-4-3-5-13(9-12)21-16-14-8-11(17)6-7-15(14)18-10-19-16/h3-10H,2,17H2,1H3. The molecule has 0 fully saturated rings. The Hall–Kier alpha value is -2.82. The summed E-state index contributed by atoms with van der Waals surface area (Å²) in [6.45, 7) is 2.55. The van der Waals surface area contributed by atoms with E-state index in [1.165, 1.54) is 6.33 Å². The Morgan fingerprint density at radius 3 is 2.76 bits per heavy atom. The van der Waals surface area contributed by atoms with Crippen LogP contribution >= 0.6 is 0 Å². The van der Waals surface area contributed by atoms with Gasteiger partial charge >= 0.3 is 0 Å². The first-order chi connectivity index (χ1) is 10.3. The molecule has 0 unspecified atom stereocenters. The Morgan fingerprint density at radius 2 is 1.90 bits per heavy atom. The van der Waals surface area contributed by atoms with E-state index in [4.69, 9.17) is 15.2 Å². The zero-order valence-electron chi connectivity index (χ0n) is 11.6. The molecule has 1 heterocycles. The smallest absolute Gasteiger partial charge is 0.230 e. The summed E-state index contributed by atoms with van der Waals surface area (Å²) in [5, 5.41) is 0.777. The van der Waals surface area contributed by atoms with E-state index in [1.807, 2.05) is 37.3 Å². The third-order valence-electron chi connectivity index (χ3n) is 2.95. The number of benzene rings is 2. The van der Waals surface area contributed by atoms with E-state index in [0.717, 1.165) is 16.7 Å². The molecule has 0 saturated carbocycles. The first-order valence-corrected chi connectivity index (χ1v) is 6.67. The van der Waals surface area contributed by atoms with Gasteiger partial charge in [0.05, 0.1) is 17.5 Å². The van der Waals surface area contributed by atoms with Crippen molar-refractivity contribution >= 4 is 16.6 Å². The summed E-state index contributed by atoms with van der Waals surface area (Å²) >= 11 is 0. The quantitative estimate of drug-likeness (QED) is 0.742. The molecular weight excluding hydrogens is 266 g/mol. The SMILES string of the molecule is CCOc1cccc(Oc2ncnc3ccc(N)cc23)c1. The van der Waals surface area contributed by atoms with E-state index in [2.05, 4.69) is 9.97 Å². The van der Waals surface area contributed by atoms with Crippen LogP contribution in [-0.4, -0.2) is 16.6 Å². The number of hydrogen-bond donors (Lipinski definition) is 1. The molecule has 2 N–H and O–H groups in total. The second-order valence-electron chi connectivity index (χ2n) is 4.47. The van der Waals surface area contributed by atoms with Crippen LogP contribution < -0.4 is 15.2 Å². The summed E-state index contributed by atoms with van der Waals surface area (Å²) < 4.78 is 11.3. The van der Waals surface area contributed by atoms with Crippen molar-refractivity contribution in [2.75, 3.05) is 12.3 Å². The van der Waals surface area contributed by atoms with Crippen LogP contribution in [0.2, 0.25) is 0 Å². The number of nitrogens with zero attached hydrogens (tertiary/aromatic N) is 2. The van der Waals surface area contributed by atoms with Crippen molar-refractivity contribution in [3.63, 3.8) is 0 Å². The zero-order chi connectivity index (χ0) is 14.7. The molecule has 0 atom stereocenters. The monoisotopic (exact) mass is 281 g/mol. The minimum atomic E-state index is 0.473. The topological polar surface area (TPSA) is 70.3 Å². The van der Waals surface area contributed by atoms with Crippen molar-refractivity contribution in [3.8, 4) is 17.4 Å². The maximum atomic E-state index is 5.85. The van der Waals surface area contributed by atoms with Crippen LogP contribution in [0.25, 0.3) is 10.9 Å². The highest BCUT2D eigenvalue weighted by Crippen LogP contribution is 2.29.